The van der Waals surface area contributed by atoms with Gasteiger partial charge in [0.25, 0.3) is 10.1 Å². The zero-order valence-corrected chi connectivity index (χ0v) is 8.22. The molecular formula is C6H17N2NaO4S. The van der Waals surface area contributed by atoms with Gasteiger partial charge in [-0.15, -0.1) is 0 Å². The molecule has 0 fully saturated rings. The molecule has 8 heteroatoms. The summed E-state index contributed by atoms with van der Waals surface area (Å²) in [5.41, 5.74) is 7.34. The summed E-state index contributed by atoms with van der Waals surface area (Å²) in [6.07, 6.45) is 0.850. The van der Waals surface area contributed by atoms with Crippen LogP contribution in [0.1, 0.15) is 12.8 Å². The van der Waals surface area contributed by atoms with E-state index in [1.54, 1.807) is 0 Å². The van der Waals surface area contributed by atoms with Gasteiger partial charge in [0.1, 0.15) is 0 Å². The molecule has 0 aromatic carbocycles. The van der Waals surface area contributed by atoms with E-state index in [0.717, 1.165) is 0 Å². The van der Waals surface area contributed by atoms with Crippen LogP contribution >= 0.6 is 0 Å². The van der Waals surface area contributed by atoms with Crippen molar-refractivity contribution in [1.29, 1.82) is 0 Å². The van der Waals surface area contributed by atoms with Crippen LogP contribution in [-0.2, 0) is 14.4 Å². The molecule has 0 radical (unpaired) electrons. The first-order valence-corrected chi connectivity index (χ1v) is 5.65. The van der Waals surface area contributed by atoms with E-state index >= 15 is 0 Å². The van der Waals surface area contributed by atoms with Crippen molar-refractivity contribution in [2.75, 3.05) is 25.4 Å². The van der Waals surface area contributed by atoms with Crippen molar-refractivity contribution in [1.82, 2.24) is 5.48 Å². The molecule has 82 valence electrons. The van der Waals surface area contributed by atoms with Crippen LogP contribution in [-0.4, -0.2) is 68.5 Å². The molecule has 0 aliphatic rings. The number of hydrogen-bond donors (Lipinski definition) is 3. The molecule has 0 unspecified atom stereocenters. The predicted molar refractivity (Wildman–Crippen MR) is 55.4 cm³/mol. The van der Waals surface area contributed by atoms with Gasteiger partial charge in [0, 0.05) is 19.7 Å². The molecule has 0 aliphatic heterocycles. The SMILES string of the molecule is NCCNOS(=O)(=O)CCCCO.[NaH]. The average molecular weight is 236 g/mol. The minimum absolute atomic E-state index is 0. The van der Waals surface area contributed by atoms with E-state index in [2.05, 4.69) is 9.76 Å². The van der Waals surface area contributed by atoms with Gasteiger partial charge >= 0.3 is 29.6 Å². The summed E-state index contributed by atoms with van der Waals surface area (Å²) < 4.78 is 26.3. The van der Waals surface area contributed by atoms with E-state index in [4.69, 9.17) is 10.8 Å². The van der Waals surface area contributed by atoms with Gasteiger partial charge in [-0.1, -0.05) is 0 Å². The van der Waals surface area contributed by atoms with Gasteiger partial charge < -0.3 is 10.8 Å². The summed E-state index contributed by atoms with van der Waals surface area (Å²) in [6.45, 7) is 0.594. The summed E-state index contributed by atoms with van der Waals surface area (Å²) in [5, 5.41) is 8.41. The Morgan fingerprint density at radius 2 is 2.00 bits per heavy atom. The van der Waals surface area contributed by atoms with E-state index in [1.807, 2.05) is 0 Å². The fraction of sp³-hybridized carbons (Fsp3) is 1.00. The fourth-order valence-electron chi connectivity index (χ4n) is 0.623. The molecule has 14 heavy (non-hydrogen) atoms. The number of hydrogen-bond acceptors (Lipinski definition) is 6. The van der Waals surface area contributed by atoms with E-state index in [1.165, 1.54) is 0 Å². The van der Waals surface area contributed by atoms with E-state index in [0.29, 0.717) is 25.9 Å². The Bertz CT molecular complexity index is 194. The van der Waals surface area contributed by atoms with Crippen molar-refractivity contribution in [2.45, 2.75) is 12.8 Å². The van der Waals surface area contributed by atoms with Gasteiger partial charge in [-0.25, -0.2) is 0 Å². The molecule has 0 aliphatic carbocycles. The average Bonchev–Trinajstić information content (AvgIpc) is 2.05. The quantitative estimate of drug-likeness (QED) is 0.254. The molecule has 6 nitrogen and oxygen atoms in total. The topological polar surface area (TPSA) is 102 Å². The zero-order chi connectivity index (χ0) is 10.2. The van der Waals surface area contributed by atoms with Crippen LogP contribution in [0.15, 0.2) is 0 Å². The molecule has 0 rings (SSSR count). The van der Waals surface area contributed by atoms with E-state index in [-0.39, 0.29) is 41.9 Å². The Hall–Kier alpha value is 0.790. The molecule has 4 N–H and O–H groups in total. The molecule has 0 spiro atoms. The Labute approximate surface area is 107 Å². The summed E-state index contributed by atoms with van der Waals surface area (Å²) >= 11 is 0. The van der Waals surface area contributed by atoms with Crippen molar-refractivity contribution < 1.29 is 17.8 Å². The number of aliphatic hydroxyl groups is 1. The molecule has 0 saturated heterocycles. The maximum atomic E-state index is 11.0. The van der Waals surface area contributed by atoms with Crippen molar-refractivity contribution in [3.05, 3.63) is 0 Å². The van der Waals surface area contributed by atoms with Gasteiger partial charge in [-0.3, -0.25) is 0 Å². The Kier molecular flexibility index (Phi) is 12.7. The molecule has 0 atom stereocenters. The zero-order valence-electron chi connectivity index (χ0n) is 7.40. The summed E-state index contributed by atoms with van der Waals surface area (Å²) in [4.78, 5) is 0. The molecule has 0 aromatic rings. The standard InChI is InChI=1S/C6H16N2O4S.Na.H/c7-3-4-8-12-13(10,11)6-2-1-5-9;;/h8-9H,1-7H2;;. The van der Waals surface area contributed by atoms with E-state index in [9.17, 15) is 8.42 Å². The number of unbranched alkanes of at least 4 members (excludes halogenated alkanes) is 1. The van der Waals surface area contributed by atoms with Gasteiger partial charge in [-0.05, 0) is 12.8 Å². The van der Waals surface area contributed by atoms with Crippen LogP contribution in [0, 0.1) is 0 Å². The number of nitrogens with one attached hydrogen (secondary N) is 1. The third kappa shape index (κ3) is 10.9. The molecule has 0 bridgehead atoms. The fourth-order valence-corrected chi connectivity index (χ4v) is 1.53. The normalized spacial score (nSPS) is 11.0. The first-order chi connectivity index (χ1) is 6.12. The number of aliphatic hydroxyl groups excluding tert-OH is 1. The molecule has 0 heterocycles. The van der Waals surface area contributed by atoms with Gasteiger partial charge in [0.05, 0.1) is 5.75 Å². The third-order valence-corrected chi connectivity index (χ3v) is 2.40. The van der Waals surface area contributed by atoms with E-state index < -0.39 is 10.1 Å². The van der Waals surface area contributed by atoms with Crippen LogP contribution in [0.2, 0.25) is 0 Å². The molecule has 0 saturated carbocycles. The molecule has 0 amide bonds. The third-order valence-electron chi connectivity index (χ3n) is 1.23. The number of nitrogens with two attached hydrogens (primary N) is 1. The van der Waals surface area contributed by atoms with Crippen LogP contribution in [0.3, 0.4) is 0 Å². The summed E-state index contributed by atoms with van der Waals surface area (Å²) in [5.74, 6) is -0.0921. The first kappa shape index (κ1) is 17.2. The van der Waals surface area contributed by atoms with Crippen molar-refractivity contribution in [3.8, 4) is 0 Å². The second-order valence-corrected chi connectivity index (χ2v) is 4.15. The van der Waals surface area contributed by atoms with Crippen LogP contribution in [0.4, 0.5) is 0 Å². The monoisotopic (exact) mass is 236 g/mol. The second kappa shape index (κ2) is 10.3. The Balaban J connectivity index is 0. The summed E-state index contributed by atoms with van der Waals surface area (Å²) in [6, 6.07) is 0. The molecular weight excluding hydrogens is 219 g/mol. The van der Waals surface area contributed by atoms with Crippen LogP contribution < -0.4 is 11.2 Å². The summed E-state index contributed by atoms with van der Waals surface area (Å²) in [7, 11) is -3.50. The number of hydroxylamine groups is 1. The van der Waals surface area contributed by atoms with Crippen molar-refractivity contribution >= 4 is 39.7 Å². The van der Waals surface area contributed by atoms with Crippen LogP contribution in [0.5, 0.6) is 0 Å². The number of rotatable bonds is 8. The molecule has 0 aromatic heterocycles. The Morgan fingerprint density at radius 3 is 2.50 bits per heavy atom. The second-order valence-electron chi connectivity index (χ2n) is 2.46. The predicted octanol–water partition coefficient (Wildman–Crippen LogP) is -2.08. The van der Waals surface area contributed by atoms with Gasteiger partial charge in [-0.2, -0.15) is 18.2 Å². The van der Waals surface area contributed by atoms with Gasteiger partial charge in [0.2, 0.25) is 0 Å². The van der Waals surface area contributed by atoms with Crippen LogP contribution in [0.25, 0.3) is 0 Å². The Morgan fingerprint density at radius 1 is 1.36 bits per heavy atom. The van der Waals surface area contributed by atoms with Crippen molar-refractivity contribution in [2.24, 2.45) is 5.73 Å². The van der Waals surface area contributed by atoms with Crippen molar-refractivity contribution in [3.63, 3.8) is 0 Å². The van der Waals surface area contributed by atoms with Gasteiger partial charge in [0.15, 0.2) is 0 Å². The first-order valence-electron chi connectivity index (χ1n) is 4.07. The minimum atomic E-state index is -3.50. The maximum absolute atomic E-state index is 11.0.